The number of likely N-dealkylation sites (tertiary alicyclic amines) is 1. The summed E-state index contributed by atoms with van der Waals surface area (Å²) in [4.78, 5) is 25.9. The Kier molecular flexibility index (Phi) is 3.43. The Bertz CT molecular complexity index is 614. The molecular weight excluding hydrogens is 302 g/mol. The molecule has 0 aromatic rings. The molecular formula is C20H29NO3. The second-order valence-corrected chi connectivity index (χ2v) is 9.20. The van der Waals surface area contributed by atoms with Gasteiger partial charge in [0.05, 0.1) is 0 Å². The molecule has 1 heterocycles. The molecule has 3 fully saturated rings. The van der Waals surface area contributed by atoms with E-state index < -0.39 is 11.9 Å². The largest absolute Gasteiger partial charge is 0.481 e. The van der Waals surface area contributed by atoms with E-state index in [9.17, 15) is 14.7 Å². The molecule has 1 saturated heterocycles. The minimum Gasteiger partial charge on any atom is -0.481 e. The van der Waals surface area contributed by atoms with E-state index in [2.05, 4.69) is 26.0 Å². The molecule has 0 aromatic heterocycles. The maximum atomic E-state index is 12.5. The Morgan fingerprint density at radius 2 is 2.00 bits per heavy atom. The Morgan fingerprint density at radius 3 is 2.71 bits per heavy atom. The van der Waals surface area contributed by atoms with Gasteiger partial charge in [0, 0.05) is 13.1 Å². The molecule has 4 aliphatic rings. The van der Waals surface area contributed by atoms with Gasteiger partial charge in [0.25, 0.3) is 0 Å². The first-order valence-corrected chi connectivity index (χ1v) is 9.45. The highest BCUT2D eigenvalue weighted by Gasteiger charge is 2.60. The van der Waals surface area contributed by atoms with Crippen LogP contribution in [0.4, 0.5) is 0 Å². The van der Waals surface area contributed by atoms with Gasteiger partial charge in [-0.15, -0.1) is 0 Å². The van der Waals surface area contributed by atoms with Crippen LogP contribution in [0.25, 0.3) is 0 Å². The molecule has 132 valence electrons. The predicted octanol–water partition coefficient (Wildman–Crippen LogP) is 3.33. The number of amides is 1. The molecule has 7 atom stereocenters. The van der Waals surface area contributed by atoms with Crippen LogP contribution in [0.2, 0.25) is 0 Å². The van der Waals surface area contributed by atoms with Crippen molar-refractivity contribution in [1.29, 1.82) is 0 Å². The maximum Gasteiger partial charge on any atom is 0.316 e. The van der Waals surface area contributed by atoms with Crippen LogP contribution >= 0.6 is 0 Å². The molecule has 0 bridgehead atoms. The second kappa shape index (κ2) is 5.09. The van der Waals surface area contributed by atoms with Gasteiger partial charge >= 0.3 is 5.97 Å². The zero-order valence-corrected chi connectivity index (χ0v) is 15.0. The summed E-state index contributed by atoms with van der Waals surface area (Å²) >= 11 is 0. The van der Waals surface area contributed by atoms with Crippen LogP contribution in [0.1, 0.15) is 52.4 Å². The molecule has 2 unspecified atom stereocenters. The normalized spacial score (nSPS) is 50.2. The molecule has 3 aliphatic carbocycles. The van der Waals surface area contributed by atoms with Crippen LogP contribution in [0.3, 0.4) is 0 Å². The van der Waals surface area contributed by atoms with E-state index in [0.29, 0.717) is 29.6 Å². The molecule has 1 N–H and O–H groups in total. The summed E-state index contributed by atoms with van der Waals surface area (Å²) < 4.78 is 0. The van der Waals surface area contributed by atoms with Gasteiger partial charge in [0.1, 0.15) is 5.92 Å². The number of fused-ring (bicyclic) bond motifs is 5. The van der Waals surface area contributed by atoms with Crippen LogP contribution in [0.15, 0.2) is 12.2 Å². The van der Waals surface area contributed by atoms with Crippen molar-refractivity contribution in [2.24, 2.45) is 34.5 Å². The van der Waals surface area contributed by atoms with E-state index in [1.54, 1.807) is 4.90 Å². The number of carbonyl (C=O) groups is 2. The SMILES string of the molecule is CN1C(=O)C(C(=O)O)C[C@@]2(C)C1CC[C@@H]1[C@H]2CC[C@]2(C)C=CC[C@@H]12. The van der Waals surface area contributed by atoms with Gasteiger partial charge in [-0.05, 0) is 67.1 Å². The highest BCUT2D eigenvalue weighted by Crippen LogP contribution is 2.63. The average molecular weight is 331 g/mol. The van der Waals surface area contributed by atoms with Gasteiger partial charge in [-0.1, -0.05) is 26.0 Å². The first-order chi connectivity index (χ1) is 11.3. The molecule has 0 spiro atoms. The average Bonchev–Trinajstić information content (AvgIpc) is 2.92. The number of nitrogens with zero attached hydrogens (tertiary/aromatic N) is 1. The number of aliphatic carboxylic acids is 1. The van der Waals surface area contributed by atoms with Crippen molar-refractivity contribution in [3.8, 4) is 0 Å². The third-order valence-electron chi connectivity index (χ3n) is 8.20. The predicted molar refractivity (Wildman–Crippen MR) is 91.2 cm³/mol. The van der Waals surface area contributed by atoms with Gasteiger partial charge in [-0.2, -0.15) is 0 Å². The lowest BCUT2D eigenvalue weighted by Crippen LogP contribution is -2.64. The van der Waals surface area contributed by atoms with E-state index in [-0.39, 0.29) is 17.4 Å². The smallest absolute Gasteiger partial charge is 0.316 e. The van der Waals surface area contributed by atoms with Gasteiger partial charge in [-0.25, -0.2) is 0 Å². The van der Waals surface area contributed by atoms with E-state index in [1.165, 1.54) is 25.7 Å². The Morgan fingerprint density at radius 1 is 1.25 bits per heavy atom. The fourth-order valence-corrected chi connectivity index (χ4v) is 6.96. The van der Waals surface area contributed by atoms with Crippen molar-refractivity contribution in [3.63, 3.8) is 0 Å². The van der Waals surface area contributed by atoms with Crippen molar-refractivity contribution < 1.29 is 14.7 Å². The molecule has 4 heteroatoms. The van der Waals surface area contributed by atoms with E-state index in [1.807, 2.05) is 7.05 Å². The fraction of sp³-hybridized carbons (Fsp3) is 0.800. The number of hydrogen-bond acceptors (Lipinski definition) is 2. The Hall–Kier alpha value is -1.32. The van der Waals surface area contributed by atoms with Crippen LogP contribution in [-0.4, -0.2) is 35.0 Å². The van der Waals surface area contributed by atoms with Gasteiger partial charge in [0.15, 0.2) is 0 Å². The first kappa shape index (κ1) is 16.2. The molecule has 1 aliphatic heterocycles. The summed E-state index contributed by atoms with van der Waals surface area (Å²) in [6.45, 7) is 4.68. The number of hydrogen-bond donors (Lipinski definition) is 1. The minimum atomic E-state index is -0.947. The van der Waals surface area contributed by atoms with E-state index in [0.717, 1.165) is 6.42 Å². The minimum absolute atomic E-state index is 0.0570. The fourth-order valence-electron chi connectivity index (χ4n) is 6.96. The van der Waals surface area contributed by atoms with Gasteiger partial charge in [0.2, 0.25) is 5.91 Å². The van der Waals surface area contributed by atoms with Crippen molar-refractivity contribution in [2.45, 2.75) is 58.4 Å². The lowest BCUT2D eigenvalue weighted by molar-refractivity contribution is -0.174. The number of carboxylic acid groups (broad SMARTS) is 1. The lowest BCUT2D eigenvalue weighted by atomic mass is 9.47. The standard InChI is InChI=1S/C20H29NO3/c1-19-9-4-5-14(19)12-6-7-16-20(2,15(12)8-10-19)11-13(18(23)24)17(22)21(16)3/h4,9,12-16H,5-8,10-11H2,1-3H3,(H,23,24)/t12-,13?,14-,15+,16?,19-,20+/m0/s1. The highest BCUT2D eigenvalue weighted by atomic mass is 16.4. The number of rotatable bonds is 1. The maximum absolute atomic E-state index is 12.5. The number of carbonyl (C=O) groups excluding carboxylic acids is 1. The molecule has 4 rings (SSSR count). The quantitative estimate of drug-likeness (QED) is 0.592. The summed E-state index contributed by atoms with van der Waals surface area (Å²) in [6, 6.07) is 0.209. The zero-order valence-electron chi connectivity index (χ0n) is 15.0. The number of piperidine rings is 1. The Labute approximate surface area is 144 Å². The Balaban J connectivity index is 1.69. The molecule has 4 nitrogen and oxygen atoms in total. The third kappa shape index (κ3) is 1.98. The molecule has 0 radical (unpaired) electrons. The molecule has 0 aromatic carbocycles. The van der Waals surface area contributed by atoms with Crippen molar-refractivity contribution >= 4 is 11.9 Å². The second-order valence-electron chi connectivity index (χ2n) is 9.20. The van der Waals surface area contributed by atoms with Gasteiger partial charge in [-0.3, -0.25) is 9.59 Å². The van der Waals surface area contributed by atoms with Crippen molar-refractivity contribution in [1.82, 2.24) is 4.90 Å². The number of carboxylic acids is 1. The van der Waals surface area contributed by atoms with E-state index >= 15 is 0 Å². The summed E-state index contributed by atoms with van der Waals surface area (Å²) in [5.41, 5.74) is 0.283. The van der Waals surface area contributed by atoms with Crippen molar-refractivity contribution in [3.05, 3.63) is 12.2 Å². The van der Waals surface area contributed by atoms with Crippen LogP contribution in [-0.2, 0) is 9.59 Å². The summed E-state index contributed by atoms with van der Waals surface area (Å²) in [7, 11) is 1.82. The van der Waals surface area contributed by atoms with E-state index in [4.69, 9.17) is 0 Å². The summed E-state index contributed by atoms with van der Waals surface area (Å²) in [5, 5.41) is 9.56. The summed E-state index contributed by atoms with van der Waals surface area (Å²) in [6.07, 6.45) is 11.1. The highest BCUT2D eigenvalue weighted by molar-refractivity contribution is 5.97. The molecule has 24 heavy (non-hydrogen) atoms. The molecule has 2 saturated carbocycles. The van der Waals surface area contributed by atoms with Gasteiger partial charge < -0.3 is 10.0 Å². The molecule has 1 amide bonds. The lowest BCUT2D eigenvalue weighted by Gasteiger charge is -2.62. The third-order valence-corrected chi connectivity index (χ3v) is 8.20. The van der Waals surface area contributed by atoms with Crippen LogP contribution < -0.4 is 0 Å². The zero-order chi connectivity index (χ0) is 17.3. The first-order valence-electron chi connectivity index (χ1n) is 9.45. The van der Waals surface area contributed by atoms with Crippen LogP contribution in [0.5, 0.6) is 0 Å². The topological polar surface area (TPSA) is 57.6 Å². The van der Waals surface area contributed by atoms with Crippen LogP contribution in [0, 0.1) is 34.5 Å². The summed E-state index contributed by atoms with van der Waals surface area (Å²) in [5.74, 6) is -0.0589. The monoisotopic (exact) mass is 331 g/mol. The number of allylic oxidation sites excluding steroid dienone is 2. The van der Waals surface area contributed by atoms with Crippen molar-refractivity contribution in [2.75, 3.05) is 7.05 Å².